The smallest absolute Gasteiger partial charge is 0.191 e. The average molecular weight is 417 g/mol. The molecule has 3 N–H and O–H groups in total. The number of nitrogens with zero attached hydrogens (tertiary/aromatic N) is 2. The van der Waals surface area contributed by atoms with E-state index in [2.05, 4.69) is 28.5 Å². The summed E-state index contributed by atoms with van der Waals surface area (Å²) in [4.78, 5) is 6.80. The Hall–Kier alpha value is -0.460. The fourth-order valence-electron chi connectivity index (χ4n) is 3.52. The zero-order chi connectivity index (χ0) is 20.9. The second-order valence-corrected chi connectivity index (χ2v) is 8.70. The van der Waals surface area contributed by atoms with E-state index in [4.69, 9.17) is 5.14 Å². The van der Waals surface area contributed by atoms with Crippen molar-refractivity contribution >= 4 is 17.0 Å². The predicted octanol–water partition coefficient (Wildman–Crippen LogP) is 5.34. The van der Waals surface area contributed by atoms with Gasteiger partial charge in [0.15, 0.2) is 11.2 Å². The van der Waals surface area contributed by atoms with E-state index in [1.165, 1.54) is 90.1 Å². The van der Waals surface area contributed by atoms with Gasteiger partial charge in [0.2, 0.25) is 0 Å². The molecule has 168 valence electrons. The molecule has 6 heteroatoms. The van der Waals surface area contributed by atoms with Crippen LogP contribution in [0.15, 0.2) is 4.99 Å². The summed E-state index contributed by atoms with van der Waals surface area (Å²) in [6.07, 6.45) is 19.4. The maximum Gasteiger partial charge on any atom is 0.191 e. The van der Waals surface area contributed by atoms with Crippen LogP contribution >= 0.6 is 0 Å². The van der Waals surface area contributed by atoms with Crippen LogP contribution in [0.1, 0.15) is 110 Å². The van der Waals surface area contributed by atoms with E-state index >= 15 is 0 Å². The number of rotatable bonds is 20. The average Bonchev–Trinajstić information content (AvgIpc) is 2.68. The summed E-state index contributed by atoms with van der Waals surface area (Å²) in [6, 6.07) is 0. The molecule has 0 saturated carbocycles. The van der Waals surface area contributed by atoms with Gasteiger partial charge < -0.3 is 4.90 Å². The minimum atomic E-state index is -1.52. The van der Waals surface area contributed by atoms with E-state index < -0.39 is 11.2 Å². The lowest BCUT2D eigenvalue weighted by molar-refractivity contribution is 0.255. The Kier molecular flexibility index (Phi) is 20.9. The second-order valence-electron chi connectivity index (χ2n) is 7.90. The lowest BCUT2D eigenvalue weighted by Crippen LogP contribution is -2.31. The molecule has 5 nitrogen and oxygen atoms in total. The third-order valence-electron chi connectivity index (χ3n) is 5.28. The SMILES string of the molecule is CCCCCCCCN(CCCCCCCC)CCCCC(=NC)NS(N)=O. The van der Waals surface area contributed by atoms with E-state index in [1.807, 2.05) is 0 Å². The molecule has 0 bridgehead atoms. The second kappa shape index (κ2) is 21.3. The number of nitrogens with two attached hydrogens (primary N) is 1. The van der Waals surface area contributed by atoms with Gasteiger partial charge in [0.25, 0.3) is 0 Å². The van der Waals surface area contributed by atoms with E-state index in [-0.39, 0.29) is 0 Å². The van der Waals surface area contributed by atoms with Crippen molar-refractivity contribution in [3.8, 4) is 0 Å². The fraction of sp³-hybridized carbons (Fsp3) is 0.955. The molecule has 1 atom stereocenters. The molecule has 0 spiro atoms. The van der Waals surface area contributed by atoms with Crippen LogP contribution in [0.5, 0.6) is 0 Å². The van der Waals surface area contributed by atoms with Gasteiger partial charge in [0, 0.05) is 13.5 Å². The first-order chi connectivity index (χ1) is 13.6. The molecule has 28 heavy (non-hydrogen) atoms. The number of aliphatic imine (C=N–C) groups is 1. The highest BCUT2D eigenvalue weighted by atomic mass is 32.2. The standard InChI is InChI=1S/C22H48N4OS/c1-4-6-8-10-12-15-19-26(20-16-13-11-9-7-5-2)21-17-14-18-22(24-3)25-28(23)27/h4-21,23H2,1-3H3,(H,24,25). The lowest BCUT2D eigenvalue weighted by atomic mass is 10.1. The molecule has 1 unspecified atom stereocenters. The van der Waals surface area contributed by atoms with Crippen LogP contribution in [0.3, 0.4) is 0 Å². The highest BCUT2D eigenvalue weighted by Gasteiger charge is 2.06. The summed E-state index contributed by atoms with van der Waals surface area (Å²) in [5, 5.41) is 5.29. The van der Waals surface area contributed by atoms with Crippen LogP contribution in [0.4, 0.5) is 0 Å². The van der Waals surface area contributed by atoms with Crippen LogP contribution in [0.25, 0.3) is 0 Å². The molecule has 0 rings (SSSR count). The molecule has 0 radical (unpaired) electrons. The number of nitrogens with one attached hydrogen (secondary N) is 1. The van der Waals surface area contributed by atoms with Gasteiger partial charge >= 0.3 is 0 Å². The van der Waals surface area contributed by atoms with Gasteiger partial charge in [0.1, 0.15) is 5.84 Å². The van der Waals surface area contributed by atoms with Crippen LogP contribution in [-0.2, 0) is 11.2 Å². The van der Waals surface area contributed by atoms with Crippen molar-refractivity contribution < 1.29 is 4.21 Å². The molecule has 0 fully saturated rings. The van der Waals surface area contributed by atoms with Crippen LogP contribution in [-0.4, -0.2) is 41.6 Å². The quantitative estimate of drug-likeness (QED) is 0.160. The summed E-state index contributed by atoms with van der Waals surface area (Å²) in [5.41, 5.74) is 0. The normalized spacial score (nSPS) is 13.2. The molecule has 0 aromatic rings. The Labute approximate surface area is 178 Å². The summed E-state index contributed by atoms with van der Waals surface area (Å²) in [5.74, 6) is 0.749. The molecule has 0 aliphatic carbocycles. The van der Waals surface area contributed by atoms with E-state index in [1.54, 1.807) is 7.05 Å². The van der Waals surface area contributed by atoms with Gasteiger partial charge in [-0.1, -0.05) is 78.1 Å². The van der Waals surface area contributed by atoms with Crippen molar-refractivity contribution in [2.24, 2.45) is 10.1 Å². The Balaban J connectivity index is 4.07. The Bertz CT molecular complexity index is 375. The van der Waals surface area contributed by atoms with Crippen molar-refractivity contribution in [3.63, 3.8) is 0 Å². The maximum atomic E-state index is 11.1. The number of hydrogen-bond donors (Lipinski definition) is 2. The van der Waals surface area contributed by atoms with Gasteiger partial charge in [-0.3, -0.25) is 9.71 Å². The molecule has 0 saturated heterocycles. The monoisotopic (exact) mass is 416 g/mol. The van der Waals surface area contributed by atoms with Crippen molar-refractivity contribution in [1.29, 1.82) is 0 Å². The summed E-state index contributed by atoms with van der Waals surface area (Å²) in [7, 11) is 1.72. The summed E-state index contributed by atoms with van der Waals surface area (Å²) >= 11 is -1.52. The number of amidine groups is 1. The van der Waals surface area contributed by atoms with Crippen molar-refractivity contribution in [3.05, 3.63) is 0 Å². The first-order valence-corrected chi connectivity index (χ1v) is 13.0. The van der Waals surface area contributed by atoms with Crippen molar-refractivity contribution in [1.82, 2.24) is 9.62 Å². The Morgan fingerprint density at radius 3 is 1.64 bits per heavy atom. The highest BCUT2D eigenvalue weighted by Crippen LogP contribution is 2.10. The first-order valence-electron chi connectivity index (χ1n) is 11.7. The minimum Gasteiger partial charge on any atom is -0.303 e. The van der Waals surface area contributed by atoms with Crippen LogP contribution in [0, 0.1) is 0 Å². The highest BCUT2D eigenvalue weighted by molar-refractivity contribution is 7.81. The van der Waals surface area contributed by atoms with Gasteiger partial charge in [0.05, 0.1) is 0 Å². The van der Waals surface area contributed by atoms with Gasteiger partial charge in [-0.05, 0) is 45.3 Å². The largest absolute Gasteiger partial charge is 0.303 e. The minimum absolute atomic E-state index is 0.749. The Morgan fingerprint density at radius 2 is 1.21 bits per heavy atom. The lowest BCUT2D eigenvalue weighted by Gasteiger charge is -2.22. The molecule has 0 heterocycles. The summed E-state index contributed by atoms with van der Waals surface area (Å²) in [6.45, 7) is 8.18. The zero-order valence-corrected chi connectivity index (χ0v) is 19.8. The molecular formula is C22H48N4OS. The van der Waals surface area contributed by atoms with Crippen molar-refractivity contribution in [2.75, 3.05) is 26.7 Å². The third kappa shape index (κ3) is 18.9. The van der Waals surface area contributed by atoms with Gasteiger partial charge in [-0.2, -0.15) is 0 Å². The molecule has 0 amide bonds. The maximum absolute atomic E-state index is 11.1. The summed E-state index contributed by atoms with van der Waals surface area (Å²) < 4.78 is 13.8. The first kappa shape index (κ1) is 27.5. The zero-order valence-electron chi connectivity index (χ0n) is 19.0. The number of unbranched alkanes of at least 4 members (excludes halogenated alkanes) is 11. The third-order valence-corrected chi connectivity index (χ3v) is 5.72. The molecule has 0 aromatic carbocycles. The van der Waals surface area contributed by atoms with Crippen molar-refractivity contribution in [2.45, 2.75) is 110 Å². The topological polar surface area (TPSA) is 70.7 Å². The van der Waals surface area contributed by atoms with E-state index in [0.29, 0.717) is 0 Å². The van der Waals surface area contributed by atoms with Gasteiger partial charge in [-0.15, -0.1) is 0 Å². The molecule has 0 aliphatic rings. The van der Waals surface area contributed by atoms with Crippen LogP contribution in [0.2, 0.25) is 0 Å². The Morgan fingerprint density at radius 1 is 0.786 bits per heavy atom. The van der Waals surface area contributed by atoms with Crippen LogP contribution < -0.4 is 9.86 Å². The molecule has 0 aliphatic heterocycles. The van der Waals surface area contributed by atoms with Gasteiger partial charge in [-0.25, -0.2) is 9.35 Å². The molecular weight excluding hydrogens is 368 g/mol. The predicted molar refractivity (Wildman–Crippen MR) is 126 cm³/mol. The number of hydrogen-bond acceptors (Lipinski definition) is 3. The van der Waals surface area contributed by atoms with E-state index in [9.17, 15) is 4.21 Å². The molecule has 0 aromatic heterocycles. The van der Waals surface area contributed by atoms with E-state index in [0.717, 1.165) is 31.6 Å². The fourth-order valence-corrected chi connectivity index (χ4v) is 3.94.